The van der Waals surface area contributed by atoms with Crippen LogP contribution < -0.4 is 4.74 Å². The second kappa shape index (κ2) is 2.92. The maximum atomic E-state index is 9.32. The van der Waals surface area contributed by atoms with E-state index in [4.69, 9.17) is 4.74 Å². The van der Waals surface area contributed by atoms with Crippen molar-refractivity contribution < 1.29 is 9.84 Å². The maximum absolute atomic E-state index is 9.32. The first-order valence-corrected chi connectivity index (χ1v) is 4.79. The monoisotopic (exact) mass is 194 g/mol. The molecule has 0 aliphatic carbocycles. The van der Waals surface area contributed by atoms with Crippen molar-refractivity contribution in [2.75, 3.05) is 7.11 Å². The van der Waals surface area contributed by atoms with Crippen molar-refractivity contribution in [3.8, 4) is 10.8 Å². The number of aromatic hydroxyl groups is 1. The summed E-state index contributed by atoms with van der Waals surface area (Å²) >= 11 is 1.37. The molecule has 0 saturated heterocycles. The van der Waals surface area contributed by atoms with Crippen LogP contribution in [0.4, 0.5) is 0 Å². The molecule has 0 spiro atoms. The minimum absolute atomic E-state index is 0.353. The van der Waals surface area contributed by atoms with Gasteiger partial charge in [-0.1, -0.05) is 11.3 Å². The number of benzene rings is 1. The van der Waals surface area contributed by atoms with Gasteiger partial charge >= 0.3 is 0 Å². The van der Waals surface area contributed by atoms with Crippen LogP contribution in [0.15, 0.2) is 18.2 Å². The zero-order valence-electron chi connectivity index (χ0n) is 7.50. The van der Waals surface area contributed by atoms with Crippen LogP contribution in [-0.2, 0) is 0 Å². The quantitative estimate of drug-likeness (QED) is 0.756. The smallest absolute Gasteiger partial charge is 0.172 e. The lowest BCUT2D eigenvalue weighted by Gasteiger charge is -2.01. The molecule has 2 nitrogen and oxygen atoms in total. The van der Waals surface area contributed by atoms with Gasteiger partial charge in [0, 0.05) is 4.70 Å². The molecule has 0 atom stereocenters. The number of thiophene rings is 1. The van der Waals surface area contributed by atoms with Gasteiger partial charge in [-0.15, -0.1) is 0 Å². The largest absolute Gasteiger partial charge is 0.499 e. The van der Waals surface area contributed by atoms with Gasteiger partial charge < -0.3 is 9.84 Å². The maximum Gasteiger partial charge on any atom is 0.172 e. The van der Waals surface area contributed by atoms with Crippen molar-refractivity contribution in [1.82, 2.24) is 0 Å². The number of methoxy groups -OCH3 is 1. The van der Waals surface area contributed by atoms with Crippen molar-refractivity contribution >= 4 is 21.4 Å². The van der Waals surface area contributed by atoms with Crippen LogP contribution >= 0.6 is 11.3 Å². The SMILES string of the molecule is COc1cc(C)c2cc(O)sc2c1. The molecule has 0 bridgehead atoms. The third kappa shape index (κ3) is 1.35. The van der Waals surface area contributed by atoms with E-state index in [1.807, 2.05) is 19.1 Å². The molecule has 1 N–H and O–H groups in total. The van der Waals surface area contributed by atoms with Gasteiger partial charge in [0.25, 0.3) is 0 Å². The van der Waals surface area contributed by atoms with Gasteiger partial charge in [-0.05, 0) is 36.1 Å². The lowest BCUT2D eigenvalue weighted by Crippen LogP contribution is -1.82. The first-order valence-electron chi connectivity index (χ1n) is 3.98. The lowest BCUT2D eigenvalue weighted by molar-refractivity contribution is 0.415. The molecule has 1 aromatic carbocycles. The molecule has 0 saturated carbocycles. The molecular weight excluding hydrogens is 184 g/mol. The fraction of sp³-hybridized carbons (Fsp3) is 0.200. The van der Waals surface area contributed by atoms with Crippen molar-refractivity contribution in [2.45, 2.75) is 6.92 Å². The van der Waals surface area contributed by atoms with E-state index < -0.39 is 0 Å². The first-order chi connectivity index (χ1) is 6.20. The van der Waals surface area contributed by atoms with Crippen LogP contribution in [0.25, 0.3) is 10.1 Å². The summed E-state index contributed by atoms with van der Waals surface area (Å²) < 4.78 is 6.20. The molecule has 0 aliphatic rings. The highest BCUT2D eigenvalue weighted by Crippen LogP contribution is 2.35. The standard InChI is InChI=1S/C10H10O2S/c1-6-3-7(12-2)4-9-8(6)5-10(11)13-9/h3-5,11H,1-2H3. The molecule has 0 fully saturated rings. The topological polar surface area (TPSA) is 29.5 Å². The molecule has 3 heteroatoms. The number of rotatable bonds is 1. The van der Waals surface area contributed by atoms with Crippen molar-refractivity contribution in [3.63, 3.8) is 0 Å². The summed E-state index contributed by atoms with van der Waals surface area (Å²) in [6, 6.07) is 5.69. The Morgan fingerprint density at radius 3 is 2.77 bits per heavy atom. The van der Waals surface area contributed by atoms with Gasteiger partial charge in [0.15, 0.2) is 5.06 Å². The van der Waals surface area contributed by atoms with Gasteiger partial charge in [0.05, 0.1) is 7.11 Å². The molecule has 68 valence electrons. The van der Waals surface area contributed by atoms with Crippen molar-refractivity contribution in [3.05, 3.63) is 23.8 Å². The molecule has 0 aliphatic heterocycles. The molecule has 0 unspecified atom stereocenters. The molecular formula is C10H10O2S. The summed E-state index contributed by atoms with van der Waals surface area (Å²) in [5.74, 6) is 0.840. The summed E-state index contributed by atoms with van der Waals surface area (Å²) in [6.07, 6.45) is 0. The van der Waals surface area contributed by atoms with Gasteiger partial charge in [-0.25, -0.2) is 0 Å². The van der Waals surface area contributed by atoms with Crippen LogP contribution in [0.5, 0.6) is 10.8 Å². The average molecular weight is 194 g/mol. The number of hydrogen-bond donors (Lipinski definition) is 1. The van der Waals surface area contributed by atoms with Crippen molar-refractivity contribution in [1.29, 1.82) is 0 Å². The fourth-order valence-corrected chi connectivity index (χ4v) is 2.29. The van der Waals surface area contributed by atoms with E-state index in [1.165, 1.54) is 11.3 Å². The van der Waals surface area contributed by atoms with Gasteiger partial charge in [0.2, 0.25) is 0 Å². The van der Waals surface area contributed by atoms with Crippen molar-refractivity contribution in [2.24, 2.45) is 0 Å². The summed E-state index contributed by atoms with van der Waals surface area (Å²) in [6.45, 7) is 2.01. The zero-order chi connectivity index (χ0) is 9.42. The third-order valence-electron chi connectivity index (χ3n) is 2.04. The van der Waals surface area contributed by atoms with Gasteiger partial charge in [-0.2, -0.15) is 0 Å². The number of fused-ring (bicyclic) bond motifs is 1. The number of hydrogen-bond acceptors (Lipinski definition) is 3. The normalized spacial score (nSPS) is 10.6. The Bertz CT molecular complexity index is 445. The minimum Gasteiger partial charge on any atom is -0.499 e. The number of ether oxygens (including phenoxy) is 1. The Morgan fingerprint density at radius 2 is 2.08 bits per heavy atom. The molecule has 1 aromatic heterocycles. The third-order valence-corrected chi connectivity index (χ3v) is 2.93. The fourth-order valence-electron chi connectivity index (χ4n) is 1.39. The van der Waals surface area contributed by atoms with E-state index in [2.05, 4.69) is 0 Å². The molecule has 2 aromatic rings. The second-order valence-corrected chi connectivity index (χ2v) is 4.00. The van der Waals surface area contributed by atoms with Gasteiger partial charge in [0.1, 0.15) is 5.75 Å². The Kier molecular flexibility index (Phi) is 1.88. The average Bonchev–Trinajstić information content (AvgIpc) is 2.46. The molecule has 1 heterocycles. The highest BCUT2D eigenvalue weighted by molar-refractivity contribution is 7.20. The van der Waals surface area contributed by atoms with E-state index in [9.17, 15) is 5.11 Å². The number of aryl methyl sites for hydroxylation is 1. The predicted molar refractivity (Wildman–Crippen MR) is 54.8 cm³/mol. The van der Waals surface area contributed by atoms with Crippen LogP contribution in [0.3, 0.4) is 0 Å². The molecule has 13 heavy (non-hydrogen) atoms. The highest BCUT2D eigenvalue weighted by Gasteiger charge is 2.05. The van der Waals surface area contributed by atoms with Crippen LogP contribution in [0.1, 0.15) is 5.56 Å². The summed E-state index contributed by atoms with van der Waals surface area (Å²) in [5, 5.41) is 10.8. The zero-order valence-corrected chi connectivity index (χ0v) is 8.31. The Balaban J connectivity index is 2.75. The van der Waals surface area contributed by atoms with Crippen LogP contribution in [0.2, 0.25) is 0 Å². The first kappa shape index (κ1) is 8.38. The molecule has 0 radical (unpaired) electrons. The summed E-state index contributed by atoms with van der Waals surface area (Å²) in [5.41, 5.74) is 1.13. The van der Waals surface area contributed by atoms with Gasteiger partial charge in [-0.3, -0.25) is 0 Å². The van der Waals surface area contributed by atoms with Crippen LogP contribution in [0, 0.1) is 6.92 Å². The lowest BCUT2D eigenvalue weighted by atomic mass is 10.1. The van der Waals surface area contributed by atoms with E-state index in [-0.39, 0.29) is 0 Å². The second-order valence-electron chi connectivity index (χ2n) is 2.94. The van der Waals surface area contributed by atoms with E-state index in [0.29, 0.717) is 5.06 Å². The van der Waals surface area contributed by atoms with Crippen LogP contribution in [-0.4, -0.2) is 12.2 Å². The summed E-state index contributed by atoms with van der Waals surface area (Å²) in [7, 11) is 1.65. The highest BCUT2D eigenvalue weighted by atomic mass is 32.1. The van der Waals surface area contributed by atoms with E-state index >= 15 is 0 Å². The predicted octanol–water partition coefficient (Wildman–Crippen LogP) is 2.92. The Labute approximate surface area is 80.4 Å². The Morgan fingerprint density at radius 1 is 1.31 bits per heavy atom. The molecule has 0 amide bonds. The minimum atomic E-state index is 0.353. The molecule has 2 rings (SSSR count). The van der Waals surface area contributed by atoms with E-state index in [1.54, 1.807) is 13.2 Å². The van der Waals surface area contributed by atoms with E-state index in [0.717, 1.165) is 21.4 Å². The Hall–Kier alpha value is -1.22. The summed E-state index contributed by atoms with van der Waals surface area (Å²) in [4.78, 5) is 0.